The lowest BCUT2D eigenvalue weighted by molar-refractivity contribution is 0.249. The number of hydrogen-bond acceptors (Lipinski definition) is 4. The van der Waals surface area contributed by atoms with Crippen LogP contribution in [0.25, 0.3) is 0 Å². The Balaban J connectivity index is 2.10. The molecule has 0 radical (unpaired) electrons. The minimum Gasteiger partial charge on any atom is -0.497 e. The predicted molar refractivity (Wildman–Crippen MR) is 88.1 cm³/mol. The van der Waals surface area contributed by atoms with Crippen LogP contribution < -0.4 is 20.1 Å². The Morgan fingerprint density at radius 1 is 1.26 bits per heavy atom. The van der Waals surface area contributed by atoms with Crippen molar-refractivity contribution in [3.05, 3.63) is 35.5 Å². The van der Waals surface area contributed by atoms with Gasteiger partial charge in [-0.25, -0.2) is 4.79 Å². The van der Waals surface area contributed by atoms with Crippen molar-refractivity contribution in [1.82, 2.24) is 15.1 Å². The zero-order chi connectivity index (χ0) is 17.0. The molecule has 124 valence electrons. The van der Waals surface area contributed by atoms with Crippen molar-refractivity contribution < 1.29 is 14.3 Å². The van der Waals surface area contributed by atoms with Gasteiger partial charge in [0.2, 0.25) is 0 Å². The molecule has 1 unspecified atom stereocenters. The second-order valence-electron chi connectivity index (χ2n) is 5.22. The molecule has 0 aliphatic rings. The van der Waals surface area contributed by atoms with Gasteiger partial charge in [0.1, 0.15) is 17.3 Å². The fourth-order valence-electron chi connectivity index (χ4n) is 2.33. The summed E-state index contributed by atoms with van der Waals surface area (Å²) in [7, 11) is 4.97. The fourth-order valence-corrected chi connectivity index (χ4v) is 2.33. The van der Waals surface area contributed by atoms with E-state index in [-0.39, 0.29) is 12.1 Å². The SMILES string of the molecule is COc1ccc(OC)c(C(C)NC(=O)Nc2cc(C)nn2C)c1. The number of nitrogens with zero attached hydrogens (tertiary/aromatic N) is 2. The summed E-state index contributed by atoms with van der Waals surface area (Å²) in [5.74, 6) is 2.02. The average molecular weight is 318 g/mol. The number of benzene rings is 1. The summed E-state index contributed by atoms with van der Waals surface area (Å²) in [4.78, 5) is 12.2. The second kappa shape index (κ2) is 7.04. The first-order valence-electron chi connectivity index (χ1n) is 7.24. The van der Waals surface area contributed by atoms with E-state index in [1.165, 1.54) is 0 Å². The van der Waals surface area contributed by atoms with E-state index < -0.39 is 0 Å². The quantitative estimate of drug-likeness (QED) is 0.888. The van der Waals surface area contributed by atoms with Gasteiger partial charge in [-0.15, -0.1) is 0 Å². The van der Waals surface area contributed by atoms with Gasteiger partial charge in [0.05, 0.1) is 26.0 Å². The van der Waals surface area contributed by atoms with E-state index >= 15 is 0 Å². The van der Waals surface area contributed by atoms with Crippen molar-refractivity contribution in [2.45, 2.75) is 19.9 Å². The standard InChI is InChI=1S/C16H22N4O3/c1-10-8-15(20(3)19-10)18-16(21)17-11(2)13-9-12(22-4)6-7-14(13)23-5/h6-9,11H,1-5H3,(H2,17,18,21). The van der Waals surface area contributed by atoms with E-state index in [1.54, 1.807) is 32.0 Å². The van der Waals surface area contributed by atoms with Gasteiger partial charge in [0.15, 0.2) is 0 Å². The van der Waals surface area contributed by atoms with Gasteiger partial charge in [0.25, 0.3) is 0 Å². The highest BCUT2D eigenvalue weighted by molar-refractivity contribution is 5.88. The van der Waals surface area contributed by atoms with Crippen LogP contribution in [0.3, 0.4) is 0 Å². The highest BCUT2D eigenvalue weighted by Crippen LogP contribution is 2.29. The molecule has 0 bridgehead atoms. The van der Waals surface area contributed by atoms with Crippen LogP contribution in [0.1, 0.15) is 24.2 Å². The van der Waals surface area contributed by atoms with Crippen LogP contribution in [0.2, 0.25) is 0 Å². The lowest BCUT2D eigenvalue weighted by atomic mass is 10.1. The van der Waals surface area contributed by atoms with E-state index in [9.17, 15) is 4.79 Å². The fraction of sp³-hybridized carbons (Fsp3) is 0.375. The van der Waals surface area contributed by atoms with E-state index in [0.717, 1.165) is 11.3 Å². The molecule has 1 atom stereocenters. The van der Waals surface area contributed by atoms with E-state index in [4.69, 9.17) is 9.47 Å². The molecule has 1 heterocycles. The maximum atomic E-state index is 12.2. The summed E-state index contributed by atoms with van der Waals surface area (Å²) in [6, 6.07) is 6.70. The third kappa shape index (κ3) is 3.94. The molecule has 0 saturated carbocycles. The van der Waals surface area contributed by atoms with Gasteiger partial charge in [0, 0.05) is 18.7 Å². The first kappa shape index (κ1) is 16.7. The maximum Gasteiger partial charge on any atom is 0.320 e. The first-order chi connectivity index (χ1) is 10.9. The molecule has 0 aliphatic carbocycles. The van der Waals surface area contributed by atoms with Crippen molar-refractivity contribution in [3.8, 4) is 11.5 Å². The number of urea groups is 1. The van der Waals surface area contributed by atoms with Gasteiger partial charge in [-0.2, -0.15) is 5.10 Å². The van der Waals surface area contributed by atoms with Gasteiger partial charge < -0.3 is 14.8 Å². The molecule has 1 aromatic carbocycles. The molecule has 1 aromatic heterocycles. The molecule has 7 nitrogen and oxygen atoms in total. The van der Waals surface area contributed by atoms with Crippen molar-refractivity contribution in [2.24, 2.45) is 7.05 Å². The van der Waals surface area contributed by atoms with Crippen molar-refractivity contribution in [2.75, 3.05) is 19.5 Å². The van der Waals surface area contributed by atoms with Crippen molar-refractivity contribution >= 4 is 11.8 Å². The second-order valence-corrected chi connectivity index (χ2v) is 5.22. The van der Waals surface area contributed by atoms with E-state index in [2.05, 4.69) is 15.7 Å². The largest absolute Gasteiger partial charge is 0.497 e. The molecule has 0 fully saturated rings. The molecule has 2 amide bonds. The number of nitrogens with one attached hydrogen (secondary N) is 2. The highest BCUT2D eigenvalue weighted by Gasteiger charge is 2.16. The van der Waals surface area contributed by atoms with Crippen LogP contribution in [0, 0.1) is 6.92 Å². The Morgan fingerprint density at radius 3 is 2.57 bits per heavy atom. The van der Waals surface area contributed by atoms with Crippen LogP contribution in [0.15, 0.2) is 24.3 Å². The Labute approximate surface area is 135 Å². The molecular weight excluding hydrogens is 296 g/mol. The number of rotatable bonds is 5. The summed E-state index contributed by atoms with van der Waals surface area (Å²) in [5.41, 5.74) is 1.67. The molecule has 0 spiro atoms. The average Bonchev–Trinajstić information content (AvgIpc) is 2.83. The summed E-state index contributed by atoms with van der Waals surface area (Å²) in [6.45, 7) is 3.75. The third-order valence-electron chi connectivity index (χ3n) is 3.49. The minimum absolute atomic E-state index is 0.255. The van der Waals surface area contributed by atoms with Crippen LogP contribution in [-0.2, 0) is 7.05 Å². The Hall–Kier alpha value is -2.70. The van der Waals surface area contributed by atoms with E-state index in [1.807, 2.05) is 32.0 Å². The lowest BCUT2D eigenvalue weighted by Crippen LogP contribution is -2.32. The smallest absolute Gasteiger partial charge is 0.320 e. The summed E-state index contributed by atoms with van der Waals surface area (Å²) in [6.07, 6.45) is 0. The van der Waals surface area contributed by atoms with Crippen molar-refractivity contribution in [1.29, 1.82) is 0 Å². The number of hydrogen-bond donors (Lipinski definition) is 2. The topological polar surface area (TPSA) is 77.4 Å². The molecule has 2 rings (SSSR count). The van der Waals surface area contributed by atoms with Crippen LogP contribution >= 0.6 is 0 Å². The zero-order valence-corrected chi connectivity index (χ0v) is 14.0. The first-order valence-corrected chi connectivity index (χ1v) is 7.24. The van der Waals surface area contributed by atoms with Crippen LogP contribution in [-0.4, -0.2) is 30.0 Å². The number of aromatic nitrogens is 2. The van der Waals surface area contributed by atoms with Gasteiger partial charge in [-0.05, 0) is 32.0 Å². The molecule has 2 N–H and O–H groups in total. The number of carbonyl (C=O) groups excluding carboxylic acids is 1. The summed E-state index contributed by atoms with van der Waals surface area (Å²) in [5, 5.41) is 9.85. The number of anilines is 1. The van der Waals surface area contributed by atoms with Crippen molar-refractivity contribution in [3.63, 3.8) is 0 Å². The number of aryl methyl sites for hydroxylation is 2. The molecular formula is C16H22N4O3. The normalized spacial score (nSPS) is 11.7. The van der Waals surface area contributed by atoms with Crippen LogP contribution in [0.5, 0.6) is 11.5 Å². The number of carbonyl (C=O) groups is 1. The number of amides is 2. The predicted octanol–water partition coefficient (Wildman–Crippen LogP) is 2.63. The molecule has 0 aliphatic heterocycles. The minimum atomic E-state index is -0.314. The zero-order valence-electron chi connectivity index (χ0n) is 14.0. The Kier molecular flexibility index (Phi) is 5.10. The van der Waals surface area contributed by atoms with E-state index in [0.29, 0.717) is 17.3 Å². The molecule has 23 heavy (non-hydrogen) atoms. The third-order valence-corrected chi connectivity index (χ3v) is 3.49. The summed E-state index contributed by atoms with van der Waals surface area (Å²) >= 11 is 0. The number of ether oxygens (including phenoxy) is 2. The highest BCUT2D eigenvalue weighted by atomic mass is 16.5. The van der Waals surface area contributed by atoms with Crippen LogP contribution in [0.4, 0.5) is 10.6 Å². The Bertz CT molecular complexity index is 697. The molecule has 2 aromatic rings. The van der Waals surface area contributed by atoms with Gasteiger partial charge in [-0.3, -0.25) is 10.00 Å². The monoisotopic (exact) mass is 318 g/mol. The Morgan fingerprint density at radius 2 is 2.00 bits per heavy atom. The van der Waals surface area contributed by atoms with Gasteiger partial charge in [-0.1, -0.05) is 0 Å². The molecule has 0 saturated heterocycles. The molecule has 7 heteroatoms. The maximum absolute atomic E-state index is 12.2. The van der Waals surface area contributed by atoms with Gasteiger partial charge >= 0.3 is 6.03 Å². The lowest BCUT2D eigenvalue weighted by Gasteiger charge is -2.18. The summed E-state index contributed by atoms with van der Waals surface area (Å²) < 4.78 is 12.2. The number of methoxy groups -OCH3 is 2.